The van der Waals surface area contributed by atoms with Crippen molar-refractivity contribution in [1.29, 1.82) is 0 Å². The average molecular weight is 358 g/mol. The lowest BCUT2D eigenvalue weighted by Crippen LogP contribution is -2.40. The fraction of sp³-hybridized carbons (Fsp3) is 0.625. The van der Waals surface area contributed by atoms with Crippen molar-refractivity contribution >= 4 is 24.4 Å². The smallest absolute Gasteiger partial charge is 0.333 e. The summed E-state index contributed by atoms with van der Waals surface area (Å²) >= 11 is 0. The normalized spacial score (nSPS) is 23.8. The summed E-state index contributed by atoms with van der Waals surface area (Å²) in [7, 11) is 0. The molecule has 1 aliphatic carbocycles. The van der Waals surface area contributed by atoms with E-state index >= 15 is 0 Å². The second-order valence-electron chi connectivity index (χ2n) is 5.88. The summed E-state index contributed by atoms with van der Waals surface area (Å²) in [6, 6.07) is 0. The van der Waals surface area contributed by atoms with Crippen LogP contribution in [0, 0.1) is 11.8 Å². The van der Waals surface area contributed by atoms with Crippen LogP contribution in [0.15, 0.2) is 12.2 Å². The van der Waals surface area contributed by atoms with E-state index < -0.39 is 48.6 Å². The number of hydrogen-bond donors (Lipinski definition) is 2. The molecule has 1 saturated carbocycles. The fourth-order valence-corrected chi connectivity index (χ4v) is 2.52. The maximum atomic E-state index is 12.1. The number of aliphatic hydroxyl groups excluding tert-OH is 1. The number of hydrogen-bond acceptors (Lipinski definition) is 8. The Morgan fingerprint density at radius 1 is 1.20 bits per heavy atom. The molecule has 9 nitrogen and oxygen atoms in total. The Kier molecular flexibility index (Phi) is 8.06. The first-order valence-electron chi connectivity index (χ1n) is 7.75. The highest BCUT2D eigenvalue weighted by Crippen LogP contribution is 2.32. The third kappa shape index (κ3) is 6.54. The minimum Gasteiger partial charge on any atom is -0.481 e. The summed E-state index contributed by atoms with van der Waals surface area (Å²) < 4.78 is 14.4. The molecule has 1 aliphatic rings. The molecule has 0 aromatic rings. The Labute approximate surface area is 144 Å². The third-order valence-electron chi connectivity index (χ3n) is 3.84. The average Bonchev–Trinajstić information content (AvgIpc) is 2.57. The zero-order valence-corrected chi connectivity index (χ0v) is 13.9. The Hall–Kier alpha value is -2.42. The summed E-state index contributed by atoms with van der Waals surface area (Å²) in [5.74, 6) is -4.55. The first-order chi connectivity index (χ1) is 11.8. The quantitative estimate of drug-likeness (QED) is 0.253. The van der Waals surface area contributed by atoms with Gasteiger partial charge in [-0.3, -0.25) is 14.4 Å². The van der Waals surface area contributed by atoms with Crippen LogP contribution in [0.5, 0.6) is 0 Å². The largest absolute Gasteiger partial charge is 0.481 e. The highest BCUT2D eigenvalue weighted by atomic mass is 16.6. The maximum Gasteiger partial charge on any atom is 0.333 e. The van der Waals surface area contributed by atoms with E-state index in [-0.39, 0.29) is 31.5 Å². The number of carbonyl (C=O) groups is 4. The van der Waals surface area contributed by atoms with Crippen molar-refractivity contribution in [2.45, 2.75) is 38.4 Å². The predicted molar refractivity (Wildman–Crippen MR) is 82.1 cm³/mol. The van der Waals surface area contributed by atoms with Crippen molar-refractivity contribution in [2.75, 3.05) is 13.2 Å². The molecule has 1 rings (SSSR count). The van der Waals surface area contributed by atoms with Gasteiger partial charge >= 0.3 is 17.9 Å². The second-order valence-corrected chi connectivity index (χ2v) is 5.88. The molecule has 0 aliphatic heterocycles. The minimum absolute atomic E-state index is 0.0205. The van der Waals surface area contributed by atoms with Gasteiger partial charge in [0.1, 0.15) is 25.4 Å². The standard InChI is InChI=1S/C16H22O9/c1-9(2)15(21)23-6-10(18)7-24-16(22)12-4-3-11(25-8-17)5-13(12)14(19)20/h8,10-13,18H,1,3-7H2,2H3,(H,19,20). The molecular weight excluding hydrogens is 336 g/mol. The van der Waals surface area contributed by atoms with Crippen LogP contribution in [0.3, 0.4) is 0 Å². The van der Waals surface area contributed by atoms with Gasteiger partial charge < -0.3 is 24.4 Å². The van der Waals surface area contributed by atoms with Crippen molar-refractivity contribution in [3.8, 4) is 0 Å². The molecule has 0 saturated heterocycles. The molecule has 0 spiro atoms. The number of ether oxygens (including phenoxy) is 3. The van der Waals surface area contributed by atoms with Gasteiger partial charge in [-0.1, -0.05) is 6.58 Å². The summed E-state index contributed by atoms with van der Waals surface area (Å²) in [4.78, 5) is 45.0. The Bertz CT molecular complexity index is 528. The van der Waals surface area contributed by atoms with Crippen LogP contribution >= 0.6 is 0 Å². The molecule has 4 unspecified atom stereocenters. The highest BCUT2D eigenvalue weighted by molar-refractivity contribution is 5.86. The van der Waals surface area contributed by atoms with Gasteiger partial charge in [-0.2, -0.15) is 0 Å². The van der Waals surface area contributed by atoms with Crippen molar-refractivity contribution in [3.05, 3.63) is 12.2 Å². The Balaban J connectivity index is 2.49. The van der Waals surface area contributed by atoms with E-state index in [1.165, 1.54) is 6.92 Å². The molecule has 0 amide bonds. The molecular formula is C16H22O9. The van der Waals surface area contributed by atoms with Crippen molar-refractivity contribution in [2.24, 2.45) is 11.8 Å². The zero-order chi connectivity index (χ0) is 19.0. The van der Waals surface area contributed by atoms with Crippen LogP contribution in [0.1, 0.15) is 26.2 Å². The van der Waals surface area contributed by atoms with E-state index in [0.29, 0.717) is 6.42 Å². The molecule has 9 heteroatoms. The van der Waals surface area contributed by atoms with Gasteiger partial charge in [-0.05, 0) is 26.2 Å². The minimum atomic E-state index is -1.23. The molecule has 0 heterocycles. The molecule has 0 aromatic heterocycles. The maximum absolute atomic E-state index is 12.1. The monoisotopic (exact) mass is 358 g/mol. The summed E-state index contributed by atoms with van der Waals surface area (Å²) in [5.41, 5.74) is 0.169. The first-order valence-corrected chi connectivity index (χ1v) is 7.75. The van der Waals surface area contributed by atoms with Crippen molar-refractivity contribution in [3.63, 3.8) is 0 Å². The summed E-state index contributed by atoms with van der Waals surface area (Å²) in [6.45, 7) is 4.28. The second kappa shape index (κ2) is 9.77. The van der Waals surface area contributed by atoms with E-state index in [9.17, 15) is 29.4 Å². The van der Waals surface area contributed by atoms with E-state index in [0.717, 1.165) is 0 Å². The molecule has 0 aromatic carbocycles. The van der Waals surface area contributed by atoms with Gasteiger partial charge in [0.05, 0.1) is 11.8 Å². The number of carboxylic acid groups (broad SMARTS) is 1. The Morgan fingerprint density at radius 2 is 1.84 bits per heavy atom. The Morgan fingerprint density at radius 3 is 2.40 bits per heavy atom. The fourth-order valence-electron chi connectivity index (χ4n) is 2.52. The van der Waals surface area contributed by atoms with E-state index in [1.54, 1.807) is 0 Å². The molecule has 25 heavy (non-hydrogen) atoms. The topological polar surface area (TPSA) is 136 Å². The zero-order valence-electron chi connectivity index (χ0n) is 13.9. The van der Waals surface area contributed by atoms with Crippen molar-refractivity contribution in [1.82, 2.24) is 0 Å². The number of aliphatic carboxylic acids is 1. The summed E-state index contributed by atoms with van der Waals surface area (Å²) in [6.07, 6.45) is -1.22. The van der Waals surface area contributed by atoms with Crippen LogP contribution in [0.4, 0.5) is 0 Å². The van der Waals surface area contributed by atoms with Gasteiger partial charge in [0, 0.05) is 5.57 Å². The van der Waals surface area contributed by atoms with Crippen LogP contribution in [0.2, 0.25) is 0 Å². The van der Waals surface area contributed by atoms with Gasteiger partial charge in [0.25, 0.3) is 6.47 Å². The van der Waals surface area contributed by atoms with E-state index in [4.69, 9.17) is 14.2 Å². The highest BCUT2D eigenvalue weighted by Gasteiger charge is 2.41. The van der Waals surface area contributed by atoms with Crippen LogP contribution in [0.25, 0.3) is 0 Å². The van der Waals surface area contributed by atoms with Gasteiger partial charge in [0.2, 0.25) is 0 Å². The molecule has 4 atom stereocenters. The number of rotatable bonds is 9. The van der Waals surface area contributed by atoms with Gasteiger partial charge in [-0.15, -0.1) is 0 Å². The number of carbonyl (C=O) groups excluding carboxylic acids is 3. The third-order valence-corrected chi connectivity index (χ3v) is 3.84. The summed E-state index contributed by atoms with van der Waals surface area (Å²) in [5, 5.41) is 18.9. The number of carboxylic acids is 1. The lowest BCUT2D eigenvalue weighted by atomic mass is 9.78. The van der Waals surface area contributed by atoms with Crippen LogP contribution < -0.4 is 0 Å². The number of aliphatic hydroxyl groups is 1. The predicted octanol–water partition coefficient (Wildman–Crippen LogP) is 0.0523. The molecule has 0 bridgehead atoms. The van der Waals surface area contributed by atoms with Gasteiger partial charge in [-0.25, -0.2) is 4.79 Å². The lowest BCUT2D eigenvalue weighted by molar-refractivity contribution is -0.166. The van der Waals surface area contributed by atoms with Gasteiger partial charge in [0.15, 0.2) is 0 Å². The van der Waals surface area contributed by atoms with E-state index in [1.807, 2.05) is 0 Å². The lowest BCUT2D eigenvalue weighted by Gasteiger charge is -2.31. The number of esters is 2. The van der Waals surface area contributed by atoms with Crippen LogP contribution in [-0.4, -0.2) is 60.0 Å². The van der Waals surface area contributed by atoms with Crippen molar-refractivity contribution < 1.29 is 43.6 Å². The molecule has 0 radical (unpaired) electrons. The SMILES string of the molecule is C=C(C)C(=O)OCC(O)COC(=O)C1CCC(OC=O)CC1C(=O)O. The molecule has 2 N–H and O–H groups in total. The molecule has 1 fully saturated rings. The van der Waals surface area contributed by atoms with Crippen LogP contribution in [-0.2, 0) is 33.4 Å². The first kappa shape index (κ1) is 20.6. The molecule has 140 valence electrons. The van der Waals surface area contributed by atoms with E-state index in [2.05, 4.69) is 6.58 Å².